The van der Waals surface area contributed by atoms with Crippen molar-refractivity contribution in [2.45, 2.75) is 32.9 Å². The Kier molecular flexibility index (Phi) is 7.59. The van der Waals surface area contributed by atoms with Crippen molar-refractivity contribution in [1.29, 1.82) is 0 Å². The van der Waals surface area contributed by atoms with E-state index in [2.05, 4.69) is 10.6 Å². The normalized spacial score (nSPS) is 11.6. The quantitative estimate of drug-likeness (QED) is 0.673. The molecule has 0 heterocycles. The van der Waals surface area contributed by atoms with Crippen molar-refractivity contribution < 1.29 is 24.2 Å². The molecule has 0 aliphatic heterocycles. The highest BCUT2D eigenvalue weighted by molar-refractivity contribution is 5.86. The summed E-state index contributed by atoms with van der Waals surface area (Å²) in [4.78, 5) is 34.2. The fraction of sp³-hybridized carbons (Fsp3) is 0.438. The van der Waals surface area contributed by atoms with Gasteiger partial charge in [-0.25, -0.2) is 9.59 Å². The number of hydrogen-bond donors (Lipinski definition) is 3. The molecule has 1 aromatic rings. The van der Waals surface area contributed by atoms with Gasteiger partial charge in [0.15, 0.2) is 0 Å². The van der Waals surface area contributed by atoms with Crippen molar-refractivity contribution >= 4 is 18.0 Å². The molecule has 0 unspecified atom stereocenters. The lowest BCUT2D eigenvalue weighted by Gasteiger charge is -2.16. The number of alkyl carbamates (subject to hydrolysis) is 1. The molecule has 126 valence electrons. The van der Waals surface area contributed by atoms with Crippen LogP contribution in [0.1, 0.15) is 25.8 Å². The molecule has 0 aliphatic rings. The van der Waals surface area contributed by atoms with E-state index in [0.717, 1.165) is 5.56 Å². The lowest BCUT2D eigenvalue weighted by molar-refractivity contribution is -0.142. The summed E-state index contributed by atoms with van der Waals surface area (Å²) in [7, 11) is 0. The molecule has 2 amide bonds. The van der Waals surface area contributed by atoms with Gasteiger partial charge in [0.1, 0.15) is 19.2 Å². The predicted molar refractivity (Wildman–Crippen MR) is 83.7 cm³/mol. The van der Waals surface area contributed by atoms with Crippen molar-refractivity contribution in [2.24, 2.45) is 5.92 Å². The smallest absolute Gasteiger partial charge is 0.407 e. The maximum absolute atomic E-state index is 11.7. The van der Waals surface area contributed by atoms with E-state index in [1.165, 1.54) is 0 Å². The van der Waals surface area contributed by atoms with E-state index in [9.17, 15) is 14.4 Å². The maximum Gasteiger partial charge on any atom is 0.407 e. The summed E-state index contributed by atoms with van der Waals surface area (Å²) in [5.74, 6) is -1.55. The third-order valence-electron chi connectivity index (χ3n) is 2.95. The van der Waals surface area contributed by atoms with Gasteiger partial charge >= 0.3 is 12.1 Å². The van der Waals surface area contributed by atoms with Crippen LogP contribution in [0.3, 0.4) is 0 Å². The molecule has 1 rings (SSSR count). The van der Waals surface area contributed by atoms with Crippen molar-refractivity contribution in [3.05, 3.63) is 35.9 Å². The highest BCUT2D eigenvalue weighted by atomic mass is 16.5. The van der Waals surface area contributed by atoms with Crippen LogP contribution in [0.4, 0.5) is 4.79 Å². The summed E-state index contributed by atoms with van der Waals surface area (Å²) in [6.07, 6.45) is -0.417. The van der Waals surface area contributed by atoms with E-state index in [0.29, 0.717) is 6.42 Å². The average molecular weight is 322 g/mol. The molecular weight excluding hydrogens is 300 g/mol. The van der Waals surface area contributed by atoms with Crippen LogP contribution in [0, 0.1) is 5.92 Å². The van der Waals surface area contributed by atoms with Crippen molar-refractivity contribution in [1.82, 2.24) is 10.6 Å². The molecule has 1 aromatic carbocycles. The van der Waals surface area contributed by atoms with E-state index in [-0.39, 0.29) is 19.1 Å². The van der Waals surface area contributed by atoms with Gasteiger partial charge in [-0.2, -0.15) is 0 Å². The Balaban J connectivity index is 2.31. The Labute approximate surface area is 135 Å². The number of rotatable bonds is 8. The molecule has 0 aliphatic carbocycles. The van der Waals surface area contributed by atoms with Crippen LogP contribution in [0.15, 0.2) is 30.3 Å². The summed E-state index contributed by atoms with van der Waals surface area (Å²) in [6.45, 7) is 3.48. The standard InChI is InChI=1S/C16H22N2O5/c1-11(2)8-13(15(20)21)18-14(19)9-17-16(22)23-10-12-6-4-3-5-7-12/h3-7,11,13H,8-10H2,1-2H3,(H,17,22)(H,18,19)(H,20,21)/t13-/m0/s1. The SMILES string of the molecule is CC(C)C[C@H](NC(=O)CNC(=O)OCc1ccccc1)C(=O)O. The molecule has 0 saturated heterocycles. The van der Waals surface area contributed by atoms with Gasteiger partial charge in [0, 0.05) is 0 Å². The maximum atomic E-state index is 11.7. The van der Waals surface area contributed by atoms with Gasteiger partial charge in [-0.3, -0.25) is 4.79 Å². The van der Waals surface area contributed by atoms with Crippen LogP contribution >= 0.6 is 0 Å². The average Bonchev–Trinajstić information content (AvgIpc) is 2.50. The Morgan fingerprint density at radius 1 is 1.17 bits per heavy atom. The Bertz CT molecular complexity index is 531. The molecule has 23 heavy (non-hydrogen) atoms. The van der Waals surface area contributed by atoms with E-state index in [1.807, 2.05) is 44.2 Å². The molecule has 3 N–H and O–H groups in total. The fourth-order valence-corrected chi connectivity index (χ4v) is 1.86. The number of carbonyl (C=O) groups excluding carboxylic acids is 2. The zero-order valence-electron chi connectivity index (χ0n) is 13.2. The minimum atomic E-state index is -1.10. The zero-order valence-corrected chi connectivity index (χ0v) is 13.2. The molecule has 0 aromatic heterocycles. The molecule has 0 spiro atoms. The predicted octanol–water partition coefficient (Wildman–Crippen LogP) is 1.53. The molecule has 0 bridgehead atoms. The van der Waals surface area contributed by atoms with Gasteiger partial charge < -0.3 is 20.5 Å². The first-order chi connectivity index (χ1) is 10.9. The van der Waals surface area contributed by atoms with Crippen molar-refractivity contribution in [3.63, 3.8) is 0 Å². The van der Waals surface area contributed by atoms with Gasteiger partial charge in [0.25, 0.3) is 0 Å². The highest BCUT2D eigenvalue weighted by Gasteiger charge is 2.21. The molecule has 0 fully saturated rings. The summed E-state index contributed by atoms with van der Waals surface area (Å²) in [5.41, 5.74) is 0.829. The molecule has 7 nitrogen and oxygen atoms in total. The van der Waals surface area contributed by atoms with E-state index >= 15 is 0 Å². The van der Waals surface area contributed by atoms with E-state index in [1.54, 1.807) is 0 Å². The molecule has 7 heteroatoms. The van der Waals surface area contributed by atoms with Crippen LogP contribution in [0.5, 0.6) is 0 Å². The number of amides is 2. The number of carboxylic acids is 1. The number of hydrogen-bond acceptors (Lipinski definition) is 4. The zero-order chi connectivity index (χ0) is 17.2. The fourth-order valence-electron chi connectivity index (χ4n) is 1.86. The van der Waals surface area contributed by atoms with E-state index < -0.39 is 24.0 Å². The van der Waals surface area contributed by atoms with Gasteiger partial charge in [-0.15, -0.1) is 0 Å². The Morgan fingerprint density at radius 2 is 1.83 bits per heavy atom. The largest absolute Gasteiger partial charge is 0.480 e. The van der Waals surface area contributed by atoms with Crippen molar-refractivity contribution in [3.8, 4) is 0 Å². The number of aliphatic carboxylic acids is 1. The second kappa shape index (κ2) is 9.45. The molecule has 1 atom stereocenters. The van der Waals surface area contributed by atoms with E-state index in [4.69, 9.17) is 9.84 Å². The first-order valence-electron chi connectivity index (χ1n) is 7.35. The Hall–Kier alpha value is -2.57. The van der Waals surface area contributed by atoms with Crippen LogP contribution in [0.25, 0.3) is 0 Å². The minimum Gasteiger partial charge on any atom is -0.480 e. The van der Waals surface area contributed by atoms with Gasteiger partial charge in [0.05, 0.1) is 0 Å². The van der Waals surface area contributed by atoms with Crippen LogP contribution in [0.2, 0.25) is 0 Å². The number of carboxylic acid groups (broad SMARTS) is 1. The summed E-state index contributed by atoms with van der Waals surface area (Å²) in [5, 5.41) is 13.7. The van der Waals surface area contributed by atoms with Crippen LogP contribution in [-0.2, 0) is 20.9 Å². The lowest BCUT2D eigenvalue weighted by atomic mass is 10.0. The topological polar surface area (TPSA) is 105 Å². The monoisotopic (exact) mass is 322 g/mol. The minimum absolute atomic E-state index is 0.0966. The number of carbonyl (C=O) groups is 3. The first kappa shape index (κ1) is 18.5. The number of benzene rings is 1. The highest BCUT2D eigenvalue weighted by Crippen LogP contribution is 2.04. The summed E-state index contributed by atoms with van der Waals surface area (Å²) >= 11 is 0. The lowest BCUT2D eigenvalue weighted by Crippen LogP contribution is -2.46. The first-order valence-corrected chi connectivity index (χ1v) is 7.35. The van der Waals surface area contributed by atoms with Gasteiger partial charge in [-0.05, 0) is 17.9 Å². The second-order valence-electron chi connectivity index (χ2n) is 5.50. The third-order valence-corrected chi connectivity index (χ3v) is 2.95. The van der Waals surface area contributed by atoms with Gasteiger partial charge in [0.2, 0.25) is 5.91 Å². The molecular formula is C16H22N2O5. The third kappa shape index (κ3) is 7.85. The van der Waals surface area contributed by atoms with Gasteiger partial charge in [-0.1, -0.05) is 44.2 Å². The second-order valence-corrected chi connectivity index (χ2v) is 5.50. The van der Waals surface area contributed by atoms with Crippen LogP contribution < -0.4 is 10.6 Å². The molecule has 0 saturated carbocycles. The number of nitrogens with one attached hydrogen (secondary N) is 2. The van der Waals surface area contributed by atoms with Crippen LogP contribution in [-0.4, -0.2) is 35.7 Å². The van der Waals surface area contributed by atoms with Crippen molar-refractivity contribution in [2.75, 3.05) is 6.54 Å². The summed E-state index contributed by atoms with van der Waals surface area (Å²) < 4.78 is 4.95. The molecule has 0 radical (unpaired) electrons. The number of ether oxygens (including phenoxy) is 1. The summed E-state index contributed by atoms with van der Waals surface area (Å²) in [6, 6.07) is 8.15. The Morgan fingerprint density at radius 3 is 2.39 bits per heavy atom.